The highest BCUT2D eigenvalue weighted by molar-refractivity contribution is 5.99. The first-order valence-corrected chi connectivity index (χ1v) is 10.3. The summed E-state index contributed by atoms with van der Waals surface area (Å²) >= 11 is 0. The molecule has 29 heavy (non-hydrogen) atoms. The Labute approximate surface area is 170 Å². The van der Waals surface area contributed by atoms with Crippen molar-refractivity contribution >= 4 is 17.7 Å². The molecule has 2 aliphatic heterocycles. The van der Waals surface area contributed by atoms with Gasteiger partial charge in [-0.2, -0.15) is 0 Å². The van der Waals surface area contributed by atoms with E-state index in [1.165, 1.54) is 6.42 Å². The topological polar surface area (TPSA) is 82.1 Å². The van der Waals surface area contributed by atoms with E-state index in [2.05, 4.69) is 13.8 Å². The fraction of sp³-hybridized carbons (Fsp3) is 0.591. The molecule has 3 aliphatic rings. The first-order chi connectivity index (χ1) is 13.9. The van der Waals surface area contributed by atoms with Crippen LogP contribution in [0.5, 0.6) is 11.5 Å². The molecule has 1 amide bonds. The molecular weight excluding hydrogens is 374 g/mol. The van der Waals surface area contributed by atoms with Gasteiger partial charge in [-0.3, -0.25) is 14.4 Å². The summed E-state index contributed by atoms with van der Waals surface area (Å²) in [5, 5.41) is 0. The van der Waals surface area contributed by atoms with Crippen LogP contribution in [0.3, 0.4) is 0 Å². The number of ketones is 1. The van der Waals surface area contributed by atoms with Crippen molar-refractivity contribution in [1.82, 2.24) is 4.90 Å². The number of rotatable bonds is 5. The summed E-state index contributed by atoms with van der Waals surface area (Å²) in [4.78, 5) is 39.3. The number of nitrogens with zero attached hydrogens (tertiary/aromatic N) is 1. The highest BCUT2D eigenvalue weighted by Crippen LogP contribution is 2.36. The van der Waals surface area contributed by atoms with Gasteiger partial charge in [-0.15, -0.1) is 0 Å². The van der Waals surface area contributed by atoms with Crippen LogP contribution in [0.25, 0.3) is 0 Å². The van der Waals surface area contributed by atoms with Gasteiger partial charge in [0.05, 0.1) is 5.92 Å². The molecule has 0 N–H and O–H groups in total. The molecule has 7 heteroatoms. The third kappa shape index (κ3) is 3.95. The molecule has 2 heterocycles. The number of hydrogen-bond acceptors (Lipinski definition) is 6. The van der Waals surface area contributed by atoms with Gasteiger partial charge >= 0.3 is 5.97 Å². The van der Waals surface area contributed by atoms with E-state index in [1.807, 2.05) is 4.90 Å². The molecule has 0 aromatic heterocycles. The van der Waals surface area contributed by atoms with Crippen molar-refractivity contribution in [3.63, 3.8) is 0 Å². The van der Waals surface area contributed by atoms with Crippen LogP contribution in [-0.4, -0.2) is 48.5 Å². The number of hydrogen-bond donors (Lipinski definition) is 0. The molecule has 0 radical (unpaired) electrons. The van der Waals surface area contributed by atoms with Gasteiger partial charge in [-0.25, -0.2) is 0 Å². The van der Waals surface area contributed by atoms with E-state index in [0.29, 0.717) is 35.4 Å². The van der Waals surface area contributed by atoms with Gasteiger partial charge in [0.15, 0.2) is 23.9 Å². The fourth-order valence-corrected chi connectivity index (χ4v) is 4.61. The smallest absolute Gasteiger partial charge is 0.311 e. The van der Waals surface area contributed by atoms with E-state index in [-0.39, 0.29) is 37.6 Å². The summed E-state index contributed by atoms with van der Waals surface area (Å²) in [6.45, 7) is 4.59. The lowest BCUT2D eigenvalue weighted by molar-refractivity contribution is -0.147. The van der Waals surface area contributed by atoms with Crippen molar-refractivity contribution in [3.05, 3.63) is 23.8 Å². The van der Waals surface area contributed by atoms with Crippen LogP contribution < -0.4 is 9.47 Å². The summed E-state index contributed by atoms with van der Waals surface area (Å²) in [5.41, 5.74) is 0.399. The summed E-state index contributed by atoms with van der Waals surface area (Å²) in [6.07, 6.45) is 3.45. The monoisotopic (exact) mass is 401 g/mol. The minimum Gasteiger partial charge on any atom is -0.457 e. The number of amides is 1. The minimum absolute atomic E-state index is 0.0139. The highest BCUT2D eigenvalue weighted by atomic mass is 16.7. The number of Topliss-reactive ketones (excluding diaryl/α,β-unsaturated/α-hetero) is 1. The van der Waals surface area contributed by atoms with E-state index in [9.17, 15) is 14.4 Å². The third-order valence-electron chi connectivity index (χ3n) is 6.60. The lowest BCUT2D eigenvalue weighted by Gasteiger charge is -2.39. The number of fused-ring (bicyclic) bond motifs is 1. The number of likely N-dealkylation sites (tertiary alicyclic amines) is 1. The maximum Gasteiger partial charge on any atom is 0.311 e. The molecule has 1 aromatic rings. The second kappa shape index (κ2) is 8.05. The zero-order valence-electron chi connectivity index (χ0n) is 16.9. The Morgan fingerprint density at radius 3 is 2.79 bits per heavy atom. The van der Waals surface area contributed by atoms with E-state index in [1.54, 1.807) is 18.2 Å². The van der Waals surface area contributed by atoms with Crippen LogP contribution >= 0.6 is 0 Å². The summed E-state index contributed by atoms with van der Waals surface area (Å²) in [5.74, 6) is 0.821. The number of benzene rings is 1. The van der Waals surface area contributed by atoms with Crippen LogP contribution in [0.1, 0.15) is 49.9 Å². The number of ether oxygens (including phenoxy) is 3. The molecule has 1 aliphatic carbocycles. The summed E-state index contributed by atoms with van der Waals surface area (Å²) in [6, 6.07) is 5.07. The first-order valence-electron chi connectivity index (χ1n) is 10.3. The van der Waals surface area contributed by atoms with Crippen LogP contribution in [-0.2, 0) is 14.3 Å². The SMILES string of the molecule is C[C@@H]1[C@@H](C)CCC[C@@H]1N1C[C@H](C(=O)OCC(=O)c2ccc3c(c2)OCO3)CC1=O. The van der Waals surface area contributed by atoms with Gasteiger partial charge in [0.2, 0.25) is 12.7 Å². The Bertz CT molecular complexity index is 822. The molecule has 1 saturated carbocycles. The molecule has 1 saturated heterocycles. The summed E-state index contributed by atoms with van der Waals surface area (Å²) < 4.78 is 15.7. The van der Waals surface area contributed by atoms with Crippen LogP contribution in [0.15, 0.2) is 18.2 Å². The Morgan fingerprint density at radius 2 is 1.97 bits per heavy atom. The van der Waals surface area contributed by atoms with Crippen molar-refractivity contribution in [3.8, 4) is 11.5 Å². The van der Waals surface area contributed by atoms with Crippen molar-refractivity contribution < 1.29 is 28.6 Å². The Morgan fingerprint density at radius 1 is 1.17 bits per heavy atom. The molecule has 4 atom stereocenters. The third-order valence-corrected chi connectivity index (χ3v) is 6.60. The number of carbonyl (C=O) groups excluding carboxylic acids is 3. The van der Waals surface area contributed by atoms with E-state index in [0.717, 1.165) is 12.8 Å². The maximum atomic E-state index is 12.5. The number of esters is 1. The average molecular weight is 401 g/mol. The van der Waals surface area contributed by atoms with Gasteiger partial charge in [0, 0.05) is 24.6 Å². The second-order valence-electron chi connectivity index (χ2n) is 8.38. The van der Waals surface area contributed by atoms with Crippen LogP contribution in [0.4, 0.5) is 0 Å². The largest absolute Gasteiger partial charge is 0.457 e. The molecule has 1 aromatic carbocycles. The standard InChI is InChI=1S/C22H27NO6/c1-13-4-3-5-17(14(13)2)23-10-16(9-21(23)25)22(26)27-11-18(24)15-6-7-19-20(8-15)29-12-28-19/h6-8,13-14,16-17H,3-5,9-12H2,1-2H3/t13-,14+,16+,17-/m0/s1. The highest BCUT2D eigenvalue weighted by Gasteiger charge is 2.42. The Balaban J connectivity index is 1.32. The first kappa shape index (κ1) is 19.7. The van der Waals surface area contributed by atoms with E-state index in [4.69, 9.17) is 14.2 Å². The predicted molar refractivity (Wildman–Crippen MR) is 104 cm³/mol. The predicted octanol–water partition coefficient (Wildman–Crippen LogP) is 2.81. The molecule has 2 fully saturated rings. The Hall–Kier alpha value is -2.57. The van der Waals surface area contributed by atoms with Gasteiger partial charge in [0.25, 0.3) is 0 Å². The molecule has 7 nitrogen and oxygen atoms in total. The van der Waals surface area contributed by atoms with Crippen molar-refractivity contribution in [2.75, 3.05) is 19.9 Å². The van der Waals surface area contributed by atoms with E-state index < -0.39 is 11.9 Å². The van der Waals surface area contributed by atoms with E-state index >= 15 is 0 Å². The van der Waals surface area contributed by atoms with Gasteiger partial charge in [-0.05, 0) is 36.5 Å². The maximum absolute atomic E-state index is 12.5. The molecular formula is C22H27NO6. The van der Waals surface area contributed by atoms with Gasteiger partial charge in [0.1, 0.15) is 0 Å². The van der Waals surface area contributed by atoms with Crippen molar-refractivity contribution in [1.29, 1.82) is 0 Å². The van der Waals surface area contributed by atoms with Gasteiger partial charge < -0.3 is 19.1 Å². The molecule has 156 valence electrons. The lowest BCUT2D eigenvalue weighted by Crippen LogP contribution is -2.45. The van der Waals surface area contributed by atoms with Crippen LogP contribution in [0, 0.1) is 17.8 Å². The van der Waals surface area contributed by atoms with Crippen molar-refractivity contribution in [2.24, 2.45) is 17.8 Å². The summed E-state index contributed by atoms with van der Waals surface area (Å²) in [7, 11) is 0. The zero-order chi connectivity index (χ0) is 20.5. The quantitative estimate of drug-likeness (QED) is 0.557. The van der Waals surface area contributed by atoms with Crippen molar-refractivity contribution in [2.45, 2.75) is 45.6 Å². The molecule has 0 unspecified atom stereocenters. The molecule has 0 spiro atoms. The molecule has 0 bridgehead atoms. The normalized spacial score (nSPS) is 28.5. The zero-order valence-corrected chi connectivity index (χ0v) is 16.9. The minimum atomic E-state index is -0.503. The lowest BCUT2D eigenvalue weighted by atomic mass is 9.77. The fourth-order valence-electron chi connectivity index (χ4n) is 4.61. The Kier molecular flexibility index (Phi) is 5.48. The number of carbonyl (C=O) groups is 3. The van der Waals surface area contributed by atoms with Crippen LogP contribution in [0.2, 0.25) is 0 Å². The molecule has 4 rings (SSSR count). The van der Waals surface area contributed by atoms with Gasteiger partial charge in [-0.1, -0.05) is 26.7 Å². The average Bonchev–Trinajstić information content (AvgIpc) is 3.34. The second-order valence-corrected chi connectivity index (χ2v) is 8.38.